The Morgan fingerprint density at radius 3 is 2.35 bits per heavy atom. The van der Waals surface area contributed by atoms with Gasteiger partial charge in [0.1, 0.15) is 0 Å². The molecular formula is C11H26N2O3S. The first-order chi connectivity index (χ1) is 8.12. The van der Waals surface area contributed by atoms with Crippen LogP contribution in [0.5, 0.6) is 0 Å². The van der Waals surface area contributed by atoms with Gasteiger partial charge in [-0.05, 0) is 45.7 Å². The fourth-order valence-corrected chi connectivity index (χ4v) is 2.63. The molecule has 0 fully saturated rings. The Kier molecular flexibility index (Phi) is 10.8. The molecule has 17 heavy (non-hydrogen) atoms. The highest BCUT2D eigenvalue weighted by Gasteiger charge is 2.08. The molecule has 2 N–H and O–H groups in total. The summed E-state index contributed by atoms with van der Waals surface area (Å²) < 4.78 is 30.6. The van der Waals surface area contributed by atoms with Crippen molar-refractivity contribution in [2.75, 3.05) is 39.6 Å². The lowest BCUT2D eigenvalue weighted by Crippen LogP contribution is -2.27. The Balaban J connectivity index is 3.44. The lowest BCUT2D eigenvalue weighted by molar-refractivity contribution is 0.192. The number of sulfonamides is 1. The Bertz CT molecular complexity index is 255. The zero-order valence-electron chi connectivity index (χ0n) is 11.0. The van der Waals surface area contributed by atoms with E-state index in [1.165, 1.54) is 0 Å². The number of nitrogens with one attached hydrogen (secondary N) is 2. The second kappa shape index (κ2) is 11.0. The van der Waals surface area contributed by atoms with E-state index in [9.17, 15) is 8.42 Å². The molecule has 0 aromatic rings. The van der Waals surface area contributed by atoms with Crippen LogP contribution in [0.3, 0.4) is 0 Å². The Hall–Kier alpha value is -0.170. The van der Waals surface area contributed by atoms with Gasteiger partial charge in [-0.15, -0.1) is 0 Å². The molecule has 5 nitrogen and oxygen atoms in total. The molecule has 0 bridgehead atoms. The van der Waals surface area contributed by atoms with Crippen LogP contribution in [-0.4, -0.2) is 48.0 Å². The Morgan fingerprint density at radius 2 is 1.71 bits per heavy atom. The monoisotopic (exact) mass is 266 g/mol. The maximum atomic E-state index is 11.5. The van der Waals surface area contributed by atoms with Crippen molar-refractivity contribution < 1.29 is 13.2 Å². The Labute approximate surface area is 105 Å². The zero-order valence-corrected chi connectivity index (χ0v) is 11.8. The fraction of sp³-hybridized carbons (Fsp3) is 1.00. The van der Waals surface area contributed by atoms with Crippen LogP contribution in [0.15, 0.2) is 0 Å². The second-order valence-corrected chi connectivity index (χ2v) is 6.00. The van der Waals surface area contributed by atoms with Gasteiger partial charge in [-0.25, -0.2) is 13.1 Å². The van der Waals surface area contributed by atoms with Crippen molar-refractivity contribution in [2.24, 2.45) is 0 Å². The largest absolute Gasteiger partial charge is 0.385 e. The molecule has 0 amide bonds. The predicted molar refractivity (Wildman–Crippen MR) is 70.7 cm³/mol. The first-order valence-corrected chi connectivity index (χ1v) is 7.88. The number of ether oxygens (including phenoxy) is 1. The summed E-state index contributed by atoms with van der Waals surface area (Å²) in [7, 11) is 0.478. The smallest absolute Gasteiger partial charge is 0.211 e. The van der Waals surface area contributed by atoms with Gasteiger partial charge in [0.15, 0.2) is 0 Å². The number of hydrogen-bond acceptors (Lipinski definition) is 4. The van der Waals surface area contributed by atoms with Crippen LogP contribution in [0, 0.1) is 0 Å². The third-order valence-corrected chi connectivity index (χ3v) is 3.91. The summed E-state index contributed by atoms with van der Waals surface area (Å²) in [6.07, 6.45) is 4.46. The first-order valence-electron chi connectivity index (χ1n) is 6.23. The summed E-state index contributed by atoms with van der Waals surface area (Å²) in [6, 6.07) is 0. The van der Waals surface area contributed by atoms with E-state index in [2.05, 4.69) is 10.0 Å². The molecule has 104 valence electrons. The summed E-state index contributed by atoms with van der Waals surface area (Å²) in [6.45, 7) is 2.15. The van der Waals surface area contributed by atoms with E-state index in [0.717, 1.165) is 38.8 Å². The van der Waals surface area contributed by atoms with E-state index < -0.39 is 10.0 Å². The van der Waals surface area contributed by atoms with Gasteiger partial charge >= 0.3 is 0 Å². The van der Waals surface area contributed by atoms with Crippen LogP contribution in [-0.2, 0) is 14.8 Å². The standard InChI is InChI=1S/C11H26N2O3S/c1-12-8-5-7-11-17(14,15)13-9-4-3-6-10-16-2/h12-13H,3-11H2,1-2H3. The minimum Gasteiger partial charge on any atom is -0.385 e. The molecule has 0 heterocycles. The highest BCUT2D eigenvalue weighted by molar-refractivity contribution is 7.89. The highest BCUT2D eigenvalue weighted by atomic mass is 32.2. The molecule has 0 aromatic carbocycles. The average Bonchev–Trinajstić information content (AvgIpc) is 2.29. The minimum absolute atomic E-state index is 0.229. The molecule has 0 rings (SSSR count). The second-order valence-electron chi connectivity index (χ2n) is 4.08. The molecule has 0 radical (unpaired) electrons. The minimum atomic E-state index is -3.06. The van der Waals surface area contributed by atoms with Crippen molar-refractivity contribution in [2.45, 2.75) is 32.1 Å². The molecule has 0 aliphatic rings. The maximum absolute atomic E-state index is 11.5. The van der Waals surface area contributed by atoms with Crippen molar-refractivity contribution in [1.82, 2.24) is 10.0 Å². The molecule has 0 aliphatic carbocycles. The number of rotatable bonds is 12. The molecular weight excluding hydrogens is 240 g/mol. The average molecular weight is 266 g/mol. The third kappa shape index (κ3) is 12.1. The van der Waals surface area contributed by atoms with Gasteiger partial charge in [0, 0.05) is 20.3 Å². The summed E-state index contributed by atoms with van der Waals surface area (Å²) in [5.41, 5.74) is 0. The number of methoxy groups -OCH3 is 1. The van der Waals surface area contributed by atoms with E-state index in [1.807, 2.05) is 7.05 Å². The quantitative estimate of drug-likeness (QED) is 0.511. The van der Waals surface area contributed by atoms with E-state index in [4.69, 9.17) is 4.74 Å². The lowest BCUT2D eigenvalue weighted by atomic mass is 10.2. The van der Waals surface area contributed by atoms with E-state index in [-0.39, 0.29) is 5.75 Å². The predicted octanol–water partition coefficient (Wildman–Crippen LogP) is 0.722. The molecule has 0 unspecified atom stereocenters. The molecule has 0 aromatic heterocycles. The van der Waals surface area contributed by atoms with Gasteiger partial charge in [0.05, 0.1) is 5.75 Å². The molecule has 6 heteroatoms. The number of hydrogen-bond donors (Lipinski definition) is 2. The van der Waals surface area contributed by atoms with Gasteiger partial charge < -0.3 is 10.1 Å². The molecule has 0 atom stereocenters. The van der Waals surface area contributed by atoms with Crippen LogP contribution >= 0.6 is 0 Å². The van der Waals surface area contributed by atoms with Gasteiger partial charge in [-0.2, -0.15) is 0 Å². The van der Waals surface area contributed by atoms with Crippen molar-refractivity contribution in [1.29, 1.82) is 0 Å². The summed E-state index contributed by atoms with van der Waals surface area (Å²) in [5, 5.41) is 3.00. The molecule has 0 saturated carbocycles. The van der Waals surface area contributed by atoms with Gasteiger partial charge in [0.25, 0.3) is 0 Å². The van der Waals surface area contributed by atoms with Crippen LogP contribution in [0.25, 0.3) is 0 Å². The van der Waals surface area contributed by atoms with Crippen molar-refractivity contribution in [3.05, 3.63) is 0 Å². The summed E-state index contributed by atoms with van der Waals surface area (Å²) in [4.78, 5) is 0. The highest BCUT2D eigenvalue weighted by Crippen LogP contribution is 1.97. The third-order valence-electron chi connectivity index (χ3n) is 2.44. The lowest BCUT2D eigenvalue weighted by Gasteiger charge is -2.06. The molecule has 0 spiro atoms. The first kappa shape index (κ1) is 16.8. The van der Waals surface area contributed by atoms with Crippen LogP contribution < -0.4 is 10.0 Å². The fourth-order valence-electron chi connectivity index (χ4n) is 1.44. The molecule has 0 saturated heterocycles. The summed E-state index contributed by atoms with van der Waals surface area (Å²) in [5.74, 6) is 0.229. The van der Waals surface area contributed by atoms with Gasteiger partial charge in [-0.3, -0.25) is 0 Å². The SMILES string of the molecule is CNCCCCS(=O)(=O)NCCCCCOC. The Morgan fingerprint density at radius 1 is 1.00 bits per heavy atom. The summed E-state index contributed by atoms with van der Waals surface area (Å²) >= 11 is 0. The van der Waals surface area contributed by atoms with E-state index in [1.54, 1.807) is 7.11 Å². The van der Waals surface area contributed by atoms with E-state index in [0.29, 0.717) is 13.0 Å². The normalized spacial score (nSPS) is 11.9. The van der Waals surface area contributed by atoms with E-state index >= 15 is 0 Å². The van der Waals surface area contributed by atoms with Gasteiger partial charge in [-0.1, -0.05) is 0 Å². The van der Waals surface area contributed by atoms with Crippen LogP contribution in [0.2, 0.25) is 0 Å². The van der Waals surface area contributed by atoms with Crippen molar-refractivity contribution in [3.63, 3.8) is 0 Å². The number of unbranched alkanes of at least 4 members (excludes halogenated alkanes) is 3. The van der Waals surface area contributed by atoms with Crippen molar-refractivity contribution >= 4 is 10.0 Å². The van der Waals surface area contributed by atoms with Crippen LogP contribution in [0.4, 0.5) is 0 Å². The van der Waals surface area contributed by atoms with Crippen molar-refractivity contribution in [3.8, 4) is 0 Å². The molecule has 0 aliphatic heterocycles. The maximum Gasteiger partial charge on any atom is 0.211 e. The zero-order chi connectivity index (χ0) is 13.0. The van der Waals surface area contributed by atoms with Crippen LogP contribution in [0.1, 0.15) is 32.1 Å². The van der Waals surface area contributed by atoms with Gasteiger partial charge in [0.2, 0.25) is 10.0 Å². The topological polar surface area (TPSA) is 67.4 Å².